The largest absolute Gasteiger partial charge is 0.508 e. The first-order valence-electron chi connectivity index (χ1n) is 8.05. The van der Waals surface area contributed by atoms with E-state index in [-0.39, 0.29) is 24.6 Å². The molecule has 2 unspecified atom stereocenters. The molecule has 1 rings (SSSR count). The molecule has 144 valence electrons. The number of likely N-dealkylation sites (N-methyl/N-ethyl adjacent to an activating group) is 1. The number of aliphatic imine (C=N–C) groups is 1. The standard InChI is InChI=1S/C16H26N6O4/c1-22(26)13(3-2-8-20-16(18)19)15(25)21-12(14(17)24)9-10-4-6-11(23)7-5-10/h4-7,12-13,23,26H,2-3,8-9H2,1H3,(H2,17,24)(H,21,25)(H4,18,19,20). The molecule has 10 nitrogen and oxygen atoms in total. The number of primary amides is 1. The Morgan fingerprint density at radius 3 is 2.35 bits per heavy atom. The molecule has 0 saturated carbocycles. The van der Waals surface area contributed by atoms with E-state index in [9.17, 15) is 19.9 Å². The van der Waals surface area contributed by atoms with E-state index >= 15 is 0 Å². The molecule has 0 radical (unpaired) electrons. The molecule has 0 aromatic heterocycles. The van der Waals surface area contributed by atoms with Crippen molar-refractivity contribution < 1.29 is 19.9 Å². The molecule has 0 fully saturated rings. The fourth-order valence-electron chi connectivity index (χ4n) is 2.34. The number of benzene rings is 1. The van der Waals surface area contributed by atoms with Gasteiger partial charge in [-0.3, -0.25) is 14.6 Å². The molecule has 10 heteroatoms. The van der Waals surface area contributed by atoms with Gasteiger partial charge in [0.2, 0.25) is 11.8 Å². The monoisotopic (exact) mass is 366 g/mol. The van der Waals surface area contributed by atoms with Crippen LogP contribution >= 0.6 is 0 Å². The Balaban J connectivity index is 2.71. The van der Waals surface area contributed by atoms with E-state index in [1.54, 1.807) is 12.1 Å². The van der Waals surface area contributed by atoms with Crippen LogP contribution in [0.4, 0.5) is 0 Å². The minimum Gasteiger partial charge on any atom is -0.508 e. The molecule has 0 spiro atoms. The maximum absolute atomic E-state index is 12.4. The maximum atomic E-state index is 12.4. The lowest BCUT2D eigenvalue weighted by molar-refractivity contribution is -0.149. The van der Waals surface area contributed by atoms with Crippen molar-refractivity contribution >= 4 is 17.8 Å². The highest BCUT2D eigenvalue weighted by molar-refractivity contribution is 5.89. The Kier molecular flexibility index (Phi) is 8.32. The number of hydroxylamine groups is 2. The molecule has 0 saturated heterocycles. The van der Waals surface area contributed by atoms with Crippen molar-refractivity contribution in [2.45, 2.75) is 31.3 Å². The first-order chi connectivity index (χ1) is 12.2. The number of phenolic OH excluding ortho intramolecular Hbond substituents is 1. The van der Waals surface area contributed by atoms with Crippen LogP contribution in [0.25, 0.3) is 0 Å². The summed E-state index contributed by atoms with van der Waals surface area (Å²) in [7, 11) is 1.34. The third-order valence-corrected chi connectivity index (χ3v) is 3.72. The van der Waals surface area contributed by atoms with Crippen LogP contribution in [0.2, 0.25) is 0 Å². The van der Waals surface area contributed by atoms with E-state index in [4.69, 9.17) is 17.2 Å². The van der Waals surface area contributed by atoms with Gasteiger partial charge in [0.25, 0.3) is 0 Å². The smallest absolute Gasteiger partial charge is 0.240 e. The number of carbonyl (C=O) groups is 2. The normalized spacial score (nSPS) is 13.0. The molecule has 26 heavy (non-hydrogen) atoms. The highest BCUT2D eigenvalue weighted by atomic mass is 16.5. The second-order valence-corrected chi connectivity index (χ2v) is 5.87. The predicted octanol–water partition coefficient (Wildman–Crippen LogP) is -1.35. The zero-order valence-corrected chi connectivity index (χ0v) is 14.6. The predicted molar refractivity (Wildman–Crippen MR) is 96.2 cm³/mol. The minimum atomic E-state index is -0.952. The van der Waals surface area contributed by atoms with Crippen molar-refractivity contribution in [1.29, 1.82) is 0 Å². The number of hydrogen-bond acceptors (Lipinski definition) is 6. The average molecular weight is 366 g/mol. The third kappa shape index (κ3) is 7.36. The quantitative estimate of drug-likeness (QED) is 0.128. The number of carbonyl (C=O) groups excluding carboxylic acids is 2. The van der Waals surface area contributed by atoms with Gasteiger partial charge in [-0.2, -0.15) is 5.06 Å². The summed E-state index contributed by atoms with van der Waals surface area (Å²) >= 11 is 0. The van der Waals surface area contributed by atoms with Crippen LogP contribution in [0, 0.1) is 0 Å². The Morgan fingerprint density at radius 1 is 1.23 bits per heavy atom. The first-order valence-corrected chi connectivity index (χ1v) is 8.05. The van der Waals surface area contributed by atoms with Gasteiger partial charge in [0, 0.05) is 20.0 Å². The van der Waals surface area contributed by atoms with Crippen LogP contribution in [0.15, 0.2) is 29.3 Å². The zero-order chi connectivity index (χ0) is 19.7. The lowest BCUT2D eigenvalue weighted by Crippen LogP contribution is -2.52. The molecule has 1 aromatic carbocycles. The molecule has 9 N–H and O–H groups in total. The number of phenols is 1. The Labute approximate surface area is 151 Å². The fraction of sp³-hybridized carbons (Fsp3) is 0.438. The van der Waals surface area contributed by atoms with Crippen molar-refractivity contribution in [2.75, 3.05) is 13.6 Å². The van der Waals surface area contributed by atoms with E-state index in [0.29, 0.717) is 18.5 Å². The van der Waals surface area contributed by atoms with E-state index in [1.807, 2.05) is 0 Å². The molecule has 0 bridgehead atoms. The topological polar surface area (TPSA) is 180 Å². The molecule has 0 heterocycles. The molecule has 0 aliphatic rings. The SMILES string of the molecule is CN(O)C(CCCN=C(N)N)C(=O)NC(Cc1ccc(O)cc1)C(N)=O. The number of nitrogens with two attached hydrogens (primary N) is 3. The van der Waals surface area contributed by atoms with Crippen molar-refractivity contribution in [3.8, 4) is 5.75 Å². The number of guanidine groups is 1. The third-order valence-electron chi connectivity index (χ3n) is 3.72. The summed E-state index contributed by atoms with van der Waals surface area (Å²) in [4.78, 5) is 27.9. The van der Waals surface area contributed by atoms with Gasteiger partial charge in [-0.05, 0) is 30.5 Å². The fourth-order valence-corrected chi connectivity index (χ4v) is 2.34. The van der Waals surface area contributed by atoms with Crippen LogP contribution in [-0.2, 0) is 16.0 Å². The maximum Gasteiger partial charge on any atom is 0.240 e. The molecule has 1 aromatic rings. The van der Waals surface area contributed by atoms with Gasteiger partial charge in [0.1, 0.15) is 17.8 Å². The van der Waals surface area contributed by atoms with Crippen LogP contribution in [0.5, 0.6) is 5.75 Å². The molecule has 2 atom stereocenters. The molecular formula is C16H26N6O4. The second-order valence-electron chi connectivity index (χ2n) is 5.87. The lowest BCUT2D eigenvalue weighted by Gasteiger charge is -2.24. The Bertz CT molecular complexity index is 628. The van der Waals surface area contributed by atoms with Crippen molar-refractivity contribution in [2.24, 2.45) is 22.2 Å². The summed E-state index contributed by atoms with van der Waals surface area (Å²) in [5, 5.41) is 22.3. The van der Waals surface area contributed by atoms with Crippen LogP contribution in [0.3, 0.4) is 0 Å². The van der Waals surface area contributed by atoms with E-state index < -0.39 is 23.9 Å². The number of hydrogen-bond donors (Lipinski definition) is 6. The second kappa shape index (κ2) is 10.2. The van der Waals surface area contributed by atoms with E-state index in [2.05, 4.69) is 10.3 Å². The number of nitrogens with zero attached hydrogens (tertiary/aromatic N) is 2. The van der Waals surface area contributed by atoms with Gasteiger partial charge in [-0.25, -0.2) is 0 Å². The van der Waals surface area contributed by atoms with Gasteiger partial charge in [0.05, 0.1) is 0 Å². The van der Waals surface area contributed by atoms with E-state index in [0.717, 1.165) is 5.06 Å². The summed E-state index contributed by atoms with van der Waals surface area (Å²) < 4.78 is 0. The molecular weight excluding hydrogens is 340 g/mol. The summed E-state index contributed by atoms with van der Waals surface area (Å²) in [5.74, 6) is -1.20. The van der Waals surface area contributed by atoms with Gasteiger partial charge in [0.15, 0.2) is 5.96 Å². The van der Waals surface area contributed by atoms with Gasteiger partial charge < -0.3 is 32.8 Å². The number of rotatable bonds is 10. The molecule has 2 amide bonds. The average Bonchev–Trinajstić information content (AvgIpc) is 2.55. The zero-order valence-electron chi connectivity index (χ0n) is 14.6. The number of nitrogens with one attached hydrogen (secondary N) is 1. The summed E-state index contributed by atoms with van der Waals surface area (Å²) in [6.45, 7) is 0.312. The van der Waals surface area contributed by atoms with Crippen molar-refractivity contribution in [3.05, 3.63) is 29.8 Å². The molecule has 0 aliphatic carbocycles. The summed E-state index contributed by atoms with van der Waals surface area (Å²) in [6.07, 6.45) is 0.900. The Hall–Kier alpha value is -2.85. The minimum absolute atomic E-state index is 0.0500. The number of amides is 2. The Morgan fingerprint density at radius 2 is 1.85 bits per heavy atom. The number of aromatic hydroxyl groups is 1. The van der Waals surface area contributed by atoms with Crippen LogP contribution < -0.4 is 22.5 Å². The van der Waals surface area contributed by atoms with E-state index in [1.165, 1.54) is 19.2 Å². The van der Waals surface area contributed by atoms with Gasteiger partial charge >= 0.3 is 0 Å². The van der Waals surface area contributed by atoms with Gasteiger partial charge in [-0.1, -0.05) is 12.1 Å². The summed E-state index contributed by atoms with van der Waals surface area (Å²) in [5.41, 5.74) is 16.6. The first kappa shape index (κ1) is 21.2. The van der Waals surface area contributed by atoms with Crippen molar-refractivity contribution in [1.82, 2.24) is 10.4 Å². The molecule has 0 aliphatic heterocycles. The van der Waals surface area contributed by atoms with Crippen LogP contribution in [0.1, 0.15) is 18.4 Å². The summed E-state index contributed by atoms with van der Waals surface area (Å²) in [6, 6.07) is 4.37. The van der Waals surface area contributed by atoms with Crippen molar-refractivity contribution in [3.63, 3.8) is 0 Å². The lowest BCUT2D eigenvalue weighted by atomic mass is 10.0. The van der Waals surface area contributed by atoms with Crippen LogP contribution in [-0.4, -0.2) is 58.8 Å². The van der Waals surface area contributed by atoms with Gasteiger partial charge in [-0.15, -0.1) is 0 Å². The highest BCUT2D eigenvalue weighted by Gasteiger charge is 2.26. The highest BCUT2D eigenvalue weighted by Crippen LogP contribution is 2.12.